The zero-order valence-electron chi connectivity index (χ0n) is 17.0. The van der Waals surface area contributed by atoms with Crippen molar-refractivity contribution in [1.29, 1.82) is 0 Å². The number of ketones is 1. The van der Waals surface area contributed by atoms with Gasteiger partial charge in [0.1, 0.15) is 0 Å². The molecule has 10 heteroatoms. The molecule has 1 aromatic carbocycles. The molecule has 4 aliphatic rings. The van der Waals surface area contributed by atoms with Gasteiger partial charge in [-0.05, 0) is 38.3 Å². The predicted octanol–water partition coefficient (Wildman–Crippen LogP) is 1.45. The molecule has 1 aliphatic carbocycles. The lowest BCUT2D eigenvalue weighted by atomic mass is 9.66. The first kappa shape index (κ1) is 20.0. The van der Waals surface area contributed by atoms with Crippen LogP contribution in [0.25, 0.3) is 0 Å². The van der Waals surface area contributed by atoms with Crippen LogP contribution in [0.4, 0.5) is 19.3 Å². The Balaban J connectivity index is 1.73. The number of amides is 4. The third kappa shape index (κ3) is 2.73. The second-order valence-electron chi connectivity index (χ2n) is 8.83. The van der Waals surface area contributed by atoms with Crippen LogP contribution in [0.1, 0.15) is 42.6 Å². The van der Waals surface area contributed by atoms with E-state index < -0.39 is 52.8 Å². The number of ether oxygens (including phenoxy) is 1. The van der Waals surface area contributed by atoms with Gasteiger partial charge in [-0.25, -0.2) is 13.6 Å². The lowest BCUT2D eigenvalue weighted by Gasteiger charge is -2.55. The Hall–Kier alpha value is -2.88. The summed E-state index contributed by atoms with van der Waals surface area (Å²) < 4.78 is 36.2. The van der Waals surface area contributed by atoms with Crippen LogP contribution in [-0.2, 0) is 20.7 Å². The first-order chi connectivity index (χ1) is 14.6. The third-order valence-electron chi connectivity index (χ3n) is 6.68. The summed E-state index contributed by atoms with van der Waals surface area (Å²) in [6.45, 7) is 3.50. The molecule has 8 nitrogen and oxygen atoms in total. The molecule has 0 bridgehead atoms. The van der Waals surface area contributed by atoms with Crippen LogP contribution in [0, 0.1) is 23.0 Å². The molecule has 3 fully saturated rings. The summed E-state index contributed by atoms with van der Waals surface area (Å²) in [5, 5.41) is 4.26. The van der Waals surface area contributed by atoms with E-state index in [4.69, 9.17) is 4.74 Å². The van der Waals surface area contributed by atoms with Gasteiger partial charge in [-0.1, -0.05) is 0 Å². The van der Waals surface area contributed by atoms with Gasteiger partial charge in [0.15, 0.2) is 22.8 Å². The van der Waals surface area contributed by atoms with Crippen molar-refractivity contribution in [3.63, 3.8) is 0 Å². The molecular weight excluding hydrogens is 412 g/mol. The van der Waals surface area contributed by atoms with E-state index >= 15 is 4.39 Å². The van der Waals surface area contributed by atoms with Crippen molar-refractivity contribution in [3.8, 4) is 0 Å². The number of rotatable bonds is 2. The maximum atomic E-state index is 15.4. The van der Waals surface area contributed by atoms with Gasteiger partial charge in [0, 0.05) is 18.9 Å². The second kappa shape index (κ2) is 6.56. The number of benzene rings is 1. The number of anilines is 1. The molecule has 2 N–H and O–H groups in total. The van der Waals surface area contributed by atoms with Crippen molar-refractivity contribution >= 4 is 29.3 Å². The normalized spacial score (nSPS) is 29.2. The monoisotopic (exact) mass is 433 g/mol. The number of carbonyl (C=O) groups excluding carboxylic acids is 4. The molecule has 1 aromatic rings. The number of imide groups is 2. The van der Waals surface area contributed by atoms with Gasteiger partial charge in [-0.3, -0.25) is 25.0 Å². The number of halogens is 2. The maximum Gasteiger partial charge on any atom is 0.328 e. The van der Waals surface area contributed by atoms with E-state index in [9.17, 15) is 23.6 Å². The van der Waals surface area contributed by atoms with E-state index in [-0.39, 0.29) is 41.8 Å². The highest BCUT2D eigenvalue weighted by atomic mass is 19.2. The highest BCUT2D eigenvalue weighted by Crippen LogP contribution is 2.48. The van der Waals surface area contributed by atoms with Crippen molar-refractivity contribution in [2.75, 3.05) is 11.4 Å². The lowest BCUT2D eigenvalue weighted by molar-refractivity contribution is -0.153. The third-order valence-corrected chi connectivity index (χ3v) is 6.68. The SMILES string of the molecule is C[C@@H]1CN2c3c(cc(C(=O)C4CC4)c(F)c3F)CC3(C(=O)NC(=O)NC3=O)[C@H]2[C@H](C)O1. The number of nitrogens with one attached hydrogen (secondary N) is 2. The van der Waals surface area contributed by atoms with Crippen LogP contribution in [0.2, 0.25) is 0 Å². The van der Waals surface area contributed by atoms with E-state index in [2.05, 4.69) is 10.6 Å². The Morgan fingerprint density at radius 2 is 1.77 bits per heavy atom. The fourth-order valence-corrected chi connectivity index (χ4v) is 5.28. The lowest BCUT2D eigenvalue weighted by Crippen LogP contribution is -2.75. The van der Waals surface area contributed by atoms with Crippen molar-refractivity contribution in [2.45, 2.75) is 51.4 Å². The van der Waals surface area contributed by atoms with Gasteiger partial charge in [0.05, 0.1) is 29.5 Å². The summed E-state index contributed by atoms with van der Waals surface area (Å²) in [5.41, 5.74) is -2.06. The summed E-state index contributed by atoms with van der Waals surface area (Å²) in [4.78, 5) is 51.9. The molecule has 4 amide bonds. The summed E-state index contributed by atoms with van der Waals surface area (Å²) in [5.74, 6) is -4.86. The van der Waals surface area contributed by atoms with Gasteiger partial charge in [0.25, 0.3) is 0 Å². The summed E-state index contributed by atoms with van der Waals surface area (Å²) >= 11 is 0. The minimum atomic E-state index is -1.80. The van der Waals surface area contributed by atoms with Crippen molar-refractivity contribution in [1.82, 2.24) is 10.6 Å². The van der Waals surface area contributed by atoms with Gasteiger partial charge in [0.2, 0.25) is 11.8 Å². The Morgan fingerprint density at radius 1 is 1.13 bits per heavy atom. The molecule has 31 heavy (non-hydrogen) atoms. The van der Waals surface area contributed by atoms with Gasteiger partial charge in [-0.15, -0.1) is 0 Å². The molecule has 3 atom stereocenters. The Morgan fingerprint density at radius 3 is 2.39 bits per heavy atom. The molecule has 0 unspecified atom stereocenters. The molecule has 0 radical (unpaired) electrons. The van der Waals surface area contributed by atoms with E-state index in [0.717, 1.165) is 0 Å². The molecule has 164 valence electrons. The summed E-state index contributed by atoms with van der Waals surface area (Å²) in [7, 11) is 0. The molecule has 5 rings (SSSR count). The predicted molar refractivity (Wildman–Crippen MR) is 102 cm³/mol. The number of fused-ring (bicyclic) bond motifs is 4. The molecule has 3 heterocycles. The topological polar surface area (TPSA) is 105 Å². The van der Waals surface area contributed by atoms with Crippen LogP contribution in [0.3, 0.4) is 0 Å². The maximum absolute atomic E-state index is 15.4. The van der Waals surface area contributed by atoms with Crippen molar-refractivity contribution < 1.29 is 32.7 Å². The second-order valence-corrected chi connectivity index (χ2v) is 8.83. The van der Waals surface area contributed by atoms with E-state index in [0.29, 0.717) is 12.8 Å². The quantitative estimate of drug-likeness (QED) is 0.540. The molecule has 0 aromatic heterocycles. The fourth-order valence-electron chi connectivity index (χ4n) is 5.28. The highest BCUT2D eigenvalue weighted by Gasteiger charge is 2.63. The van der Waals surface area contributed by atoms with Crippen molar-refractivity contribution in [3.05, 3.63) is 28.8 Å². The number of morpholine rings is 1. The molecule has 1 saturated carbocycles. The van der Waals surface area contributed by atoms with E-state index in [1.165, 1.54) is 11.0 Å². The number of hydrogen-bond acceptors (Lipinski definition) is 6. The van der Waals surface area contributed by atoms with Crippen LogP contribution in [-0.4, -0.2) is 48.4 Å². The van der Waals surface area contributed by atoms with E-state index in [1.54, 1.807) is 13.8 Å². The average molecular weight is 433 g/mol. The standard InChI is InChI=1S/C21H21F2N3O5/c1-8-7-26-15-11(5-12(13(22)14(15)23)16(27)10-3-4-10)6-21(17(26)9(2)31-8)18(28)24-20(30)25-19(21)29/h5,8-10,17H,3-4,6-7H2,1-2H3,(H2,24,25,28,29,30)/t8-,9+,17-/m1/s1. The van der Waals surface area contributed by atoms with Crippen LogP contribution >= 0.6 is 0 Å². The summed E-state index contributed by atoms with van der Waals surface area (Å²) in [6.07, 6.45) is -0.140. The van der Waals surface area contributed by atoms with E-state index in [1.807, 2.05) is 0 Å². The van der Waals surface area contributed by atoms with Gasteiger partial charge in [-0.2, -0.15) is 0 Å². The smallest absolute Gasteiger partial charge is 0.328 e. The fraction of sp³-hybridized carbons (Fsp3) is 0.524. The number of Topliss-reactive ketones (excluding diaryl/α,β-unsaturated/α-hetero) is 1. The summed E-state index contributed by atoms with van der Waals surface area (Å²) in [6, 6.07) is -0.650. The van der Waals surface area contributed by atoms with Gasteiger partial charge >= 0.3 is 6.03 Å². The largest absolute Gasteiger partial charge is 0.372 e. The molecule has 1 spiro atoms. The van der Waals surface area contributed by atoms with Crippen LogP contribution < -0.4 is 15.5 Å². The van der Waals surface area contributed by atoms with Gasteiger partial charge < -0.3 is 9.64 Å². The number of carbonyl (C=O) groups is 4. The van der Waals surface area contributed by atoms with Crippen molar-refractivity contribution in [2.24, 2.45) is 11.3 Å². The first-order valence-corrected chi connectivity index (χ1v) is 10.3. The Bertz CT molecular complexity index is 1030. The zero-order chi connectivity index (χ0) is 22.2. The Labute approximate surface area is 176 Å². The number of urea groups is 1. The van der Waals surface area contributed by atoms with Crippen LogP contribution in [0.5, 0.6) is 0 Å². The molecule has 2 saturated heterocycles. The first-order valence-electron chi connectivity index (χ1n) is 10.3. The van der Waals surface area contributed by atoms with Crippen LogP contribution in [0.15, 0.2) is 6.07 Å². The number of nitrogens with zero attached hydrogens (tertiary/aromatic N) is 1. The molecular formula is C21H21F2N3O5. The minimum Gasteiger partial charge on any atom is -0.372 e. The zero-order valence-corrected chi connectivity index (χ0v) is 17.0. The highest BCUT2D eigenvalue weighted by molar-refractivity contribution is 6.20. The number of hydrogen-bond donors (Lipinski definition) is 2. The average Bonchev–Trinajstić information content (AvgIpc) is 3.52. The number of barbiturate groups is 1. The minimum absolute atomic E-state index is 0.0695. The Kier molecular flexibility index (Phi) is 4.24. The molecule has 3 aliphatic heterocycles.